The highest BCUT2D eigenvalue weighted by atomic mass is 16.2. The van der Waals surface area contributed by atoms with Gasteiger partial charge in [-0.3, -0.25) is 14.6 Å². The molecule has 0 saturated carbocycles. The second-order valence-corrected chi connectivity index (χ2v) is 6.58. The van der Waals surface area contributed by atoms with Gasteiger partial charge in [-0.15, -0.1) is 0 Å². The lowest BCUT2D eigenvalue weighted by Gasteiger charge is -2.39. The molecule has 0 aromatic carbocycles. The Labute approximate surface area is 158 Å². The molecule has 2 aromatic heterocycles. The summed E-state index contributed by atoms with van der Waals surface area (Å²) in [5.41, 5.74) is 3.20. The van der Waals surface area contributed by atoms with Gasteiger partial charge in [0.05, 0.1) is 11.7 Å². The minimum absolute atomic E-state index is 0.00783. The van der Waals surface area contributed by atoms with Crippen molar-refractivity contribution in [1.29, 1.82) is 0 Å². The molecule has 0 unspecified atom stereocenters. The molecule has 27 heavy (non-hydrogen) atoms. The number of likely N-dealkylation sites (tertiary alicyclic amines) is 1. The maximum absolute atomic E-state index is 12.2. The standard InChI is InChI=1S/C20H25N5O2/c1-3-14-6-8-22-17(9-14)15-10-18(20(27)23-11-15)24-16-12-25(13-16)19(26)5-4-7-21-2/h4-6,8-11,16,21,24H,3,7,12-13H2,1-2H3,(H,23,27)/b5-4+. The number of carbonyl (C=O) groups is 1. The van der Waals surface area contributed by atoms with E-state index in [4.69, 9.17) is 0 Å². The average molecular weight is 367 g/mol. The third kappa shape index (κ3) is 4.62. The lowest BCUT2D eigenvalue weighted by atomic mass is 10.1. The van der Waals surface area contributed by atoms with E-state index in [0.717, 1.165) is 17.7 Å². The van der Waals surface area contributed by atoms with Crippen molar-refractivity contribution in [3.63, 3.8) is 0 Å². The highest BCUT2D eigenvalue weighted by Gasteiger charge is 2.29. The van der Waals surface area contributed by atoms with Crippen LogP contribution in [0.4, 0.5) is 5.69 Å². The van der Waals surface area contributed by atoms with Gasteiger partial charge in [-0.1, -0.05) is 13.0 Å². The molecule has 7 nitrogen and oxygen atoms in total. The summed E-state index contributed by atoms with van der Waals surface area (Å²) in [5.74, 6) is -0.00783. The molecule has 0 spiro atoms. The van der Waals surface area contributed by atoms with Crippen LogP contribution in [-0.4, -0.2) is 53.5 Å². The van der Waals surface area contributed by atoms with E-state index >= 15 is 0 Å². The highest BCUT2D eigenvalue weighted by Crippen LogP contribution is 2.20. The van der Waals surface area contributed by atoms with Crippen molar-refractivity contribution < 1.29 is 4.79 Å². The Kier molecular flexibility index (Phi) is 6.03. The maximum Gasteiger partial charge on any atom is 0.271 e. The molecule has 1 aliphatic rings. The van der Waals surface area contributed by atoms with Gasteiger partial charge in [-0.25, -0.2) is 0 Å². The highest BCUT2D eigenvalue weighted by molar-refractivity contribution is 5.88. The number of hydrogen-bond acceptors (Lipinski definition) is 5. The van der Waals surface area contributed by atoms with Crippen molar-refractivity contribution in [2.24, 2.45) is 0 Å². The third-order valence-corrected chi connectivity index (χ3v) is 4.57. The van der Waals surface area contributed by atoms with Crippen LogP contribution in [-0.2, 0) is 11.2 Å². The summed E-state index contributed by atoms with van der Waals surface area (Å²) >= 11 is 0. The van der Waals surface area contributed by atoms with E-state index in [1.165, 1.54) is 5.56 Å². The van der Waals surface area contributed by atoms with E-state index in [9.17, 15) is 9.59 Å². The Balaban J connectivity index is 1.65. The summed E-state index contributed by atoms with van der Waals surface area (Å²) in [6.45, 7) is 3.92. The van der Waals surface area contributed by atoms with Crippen LogP contribution < -0.4 is 16.2 Å². The SMILES string of the molecule is CCc1ccnc(-c2c[nH]c(=O)c(NC3CN(C(=O)/C=C/CNC)C3)c2)c1. The van der Waals surface area contributed by atoms with Crippen LogP contribution in [0, 0.1) is 0 Å². The first kappa shape index (κ1) is 18.8. The smallest absolute Gasteiger partial charge is 0.271 e. The van der Waals surface area contributed by atoms with Gasteiger partial charge in [0.15, 0.2) is 0 Å². The Morgan fingerprint density at radius 2 is 2.22 bits per heavy atom. The number of nitrogens with zero attached hydrogens (tertiary/aromatic N) is 2. The van der Waals surface area contributed by atoms with Crippen LogP contribution in [0.5, 0.6) is 0 Å². The molecule has 3 N–H and O–H groups in total. The summed E-state index contributed by atoms with van der Waals surface area (Å²) in [6, 6.07) is 5.90. The lowest BCUT2D eigenvalue weighted by Crippen LogP contribution is -2.57. The van der Waals surface area contributed by atoms with Crippen molar-refractivity contribution >= 4 is 11.6 Å². The zero-order chi connectivity index (χ0) is 19.2. The van der Waals surface area contributed by atoms with Crippen molar-refractivity contribution in [3.8, 4) is 11.3 Å². The summed E-state index contributed by atoms with van der Waals surface area (Å²) in [5, 5.41) is 6.19. The quantitative estimate of drug-likeness (QED) is 0.644. The largest absolute Gasteiger partial charge is 0.374 e. The molecule has 1 fully saturated rings. The Hall–Kier alpha value is -2.93. The van der Waals surface area contributed by atoms with Crippen LogP contribution in [0.25, 0.3) is 11.3 Å². The Morgan fingerprint density at radius 1 is 1.41 bits per heavy atom. The van der Waals surface area contributed by atoms with Crippen molar-refractivity contribution in [2.75, 3.05) is 32.0 Å². The number of pyridine rings is 2. The molecule has 0 atom stereocenters. The Bertz CT molecular complexity index is 884. The van der Waals surface area contributed by atoms with E-state index in [2.05, 4.69) is 27.5 Å². The van der Waals surface area contributed by atoms with E-state index in [0.29, 0.717) is 25.3 Å². The van der Waals surface area contributed by atoms with Crippen molar-refractivity contribution in [1.82, 2.24) is 20.2 Å². The molecule has 0 aliphatic carbocycles. The first-order valence-corrected chi connectivity index (χ1v) is 9.15. The number of aryl methyl sites for hydroxylation is 1. The average Bonchev–Trinajstić information content (AvgIpc) is 2.65. The zero-order valence-corrected chi connectivity index (χ0v) is 15.7. The number of rotatable bonds is 7. The van der Waals surface area contributed by atoms with E-state index in [1.54, 1.807) is 29.4 Å². The molecule has 3 heterocycles. The van der Waals surface area contributed by atoms with Crippen molar-refractivity contribution in [3.05, 3.63) is 58.7 Å². The number of likely N-dealkylation sites (N-methyl/N-ethyl adjacent to an activating group) is 1. The second-order valence-electron chi connectivity index (χ2n) is 6.58. The van der Waals surface area contributed by atoms with Gasteiger partial charge in [-0.2, -0.15) is 0 Å². The molecule has 0 radical (unpaired) electrons. The first-order valence-electron chi connectivity index (χ1n) is 9.15. The molecule has 142 valence electrons. The van der Waals surface area contributed by atoms with Crippen LogP contribution in [0.3, 0.4) is 0 Å². The minimum Gasteiger partial charge on any atom is -0.374 e. The molecular formula is C20H25N5O2. The summed E-state index contributed by atoms with van der Waals surface area (Å²) < 4.78 is 0. The zero-order valence-electron chi connectivity index (χ0n) is 15.7. The van der Waals surface area contributed by atoms with Crippen molar-refractivity contribution in [2.45, 2.75) is 19.4 Å². The molecule has 1 aliphatic heterocycles. The number of carbonyl (C=O) groups excluding carboxylic acids is 1. The van der Waals surface area contributed by atoms with E-state index in [1.807, 2.05) is 25.2 Å². The molecule has 1 amide bonds. The molecule has 1 saturated heterocycles. The van der Waals surface area contributed by atoms with E-state index in [-0.39, 0.29) is 17.5 Å². The van der Waals surface area contributed by atoms with Gasteiger partial charge in [0.25, 0.3) is 5.56 Å². The summed E-state index contributed by atoms with van der Waals surface area (Å²) in [7, 11) is 1.83. The molecule has 7 heteroatoms. The van der Waals surface area contributed by atoms with Gasteiger partial charge < -0.3 is 20.5 Å². The number of amides is 1. The van der Waals surface area contributed by atoms with E-state index < -0.39 is 0 Å². The number of aromatic nitrogens is 2. The van der Waals surface area contributed by atoms with Crippen LogP contribution in [0.1, 0.15) is 12.5 Å². The van der Waals surface area contributed by atoms with Gasteiger partial charge in [-0.05, 0) is 37.2 Å². The monoisotopic (exact) mass is 367 g/mol. The predicted molar refractivity (Wildman–Crippen MR) is 107 cm³/mol. The normalized spacial score (nSPS) is 14.4. The van der Waals surface area contributed by atoms with Crippen LogP contribution in [0.15, 0.2) is 47.5 Å². The minimum atomic E-state index is -0.177. The maximum atomic E-state index is 12.2. The fraction of sp³-hybridized carbons (Fsp3) is 0.350. The van der Waals surface area contributed by atoms with Crippen LogP contribution in [0.2, 0.25) is 0 Å². The summed E-state index contributed by atoms with van der Waals surface area (Å²) in [6.07, 6.45) is 7.77. The third-order valence-electron chi connectivity index (χ3n) is 4.57. The lowest BCUT2D eigenvalue weighted by molar-refractivity contribution is -0.129. The Morgan fingerprint density at radius 3 is 2.96 bits per heavy atom. The van der Waals surface area contributed by atoms with Crippen LogP contribution >= 0.6 is 0 Å². The number of nitrogens with one attached hydrogen (secondary N) is 3. The fourth-order valence-corrected chi connectivity index (χ4v) is 2.94. The first-order chi connectivity index (χ1) is 13.1. The van der Waals surface area contributed by atoms with Gasteiger partial charge in [0.1, 0.15) is 5.69 Å². The molecule has 3 rings (SSSR count). The predicted octanol–water partition coefficient (Wildman–Crippen LogP) is 1.40. The summed E-state index contributed by atoms with van der Waals surface area (Å²) in [4.78, 5) is 33.0. The van der Waals surface area contributed by atoms with Gasteiger partial charge >= 0.3 is 0 Å². The number of aromatic amines is 1. The molecule has 0 bridgehead atoms. The molecular weight excluding hydrogens is 342 g/mol. The number of hydrogen-bond donors (Lipinski definition) is 3. The fourth-order valence-electron chi connectivity index (χ4n) is 2.94. The molecule has 2 aromatic rings. The second kappa shape index (κ2) is 8.64. The van der Waals surface area contributed by atoms with Gasteiger partial charge in [0, 0.05) is 43.7 Å². The topological polar surface area (TPSA) is 90.1 Å². The number of H-pyrrole nitrogens is 1. The van der Waals surface area contributed by atoms with Gasteiger partial charge in [0.2, 0.25) is 5.91 Å². The number of anilines is 1.